The summed E-state index contributed by atoms with van der Waals surface area (Å²) in [6.07, 6.45) is 0. The van der Waals surface area contributed by atoms with Crippen molar-refractivity contribution in [2.24, 2.45) is 0 Å². The van der Waals surface area contributed by atoms with Gasteiger partial charge in [-0.1, -0.05) is 133 Å². The van der Waals surface area contributed by atoms with Gasteiger partial charge in [0.1, 0.15) is 22.3 Å². The maximum atomic E-state index is 6.53. The Morgan fingerprint density at radius 2 is 0.643 bits per heavy atom. The molecule has 0 unspecified atom stereocenters. The lowest BCUT2D eigenvalue weighted by atomic mass is 9.95. The first-order valence-electron chi connectivity index (χ1n) is 18.7. The molecule has 0 aliphatic carbocycles. The van der Waals surface area contributed by atoms with Crippen molar-refractivity contribution in [3.05, 3.63) is 170 Å². The zero-order valence-electron chi connectivity index (χ0n) is 29.7. The van der Waals surface area contributed by atoms with Crippen LogP contribution in [0.4, 0.5) is 34.1 Å². The summed E-state index contributed by atoms with van der Waals surface area (Å²) in [5.74, 6) is 0. The van der Waals surface area contributed by atoms with E-state index in [0.29, 0.717) is 0 Å². The van der Waals surface area contributed by atoms with Gasteiger partial charge in [0, 0.05) is 74.8 Å². The number of para-hydroxylation sites is 4. The van der Waals surface area contributed by atoms with E-state index in [2.05, 4.69) is 168 Å². The topological polar surface area (TPSA) is 32.8 Å². The number of hydrogen-bond donors (Lipinski definition) is 0. The number of furan rings is 2. The lowest BCUT2D eigenvalue weighted by Gasteiger charge is -2.37. The molecule has 0 saturated carbocycles. The molecule has 0 atom stereocenters. The van der Waals surface area contributed by atoms with E-state index in [-0.39, 0.29) is 0 Å². The Morgan fingerprint density at radius 3 is 1.07 bits per heavy atom. The standard InChI is InChI=1S/C50H28N2O2S2/c1-2-16-32-31(15-1)49(51-37-19-7-11-23-45(37)55-47-25-35-29-13-5-9-21-41(29)53-43(35)27-39(47)51)33-17-3-4-18-34(33)50(32)52-38-20-8-12-24-46(38)56-48-26-36-30-14-6-10-22-42(30)54-44(36)28-40(48)52/h1-28H. The van der Waals surface area contributed by atoms with Crippen molar-refractivity contribution in [3.8, 4) is 0 Å². The average molecular weight is 753 g/mol. The van der Waals surface area contributed by atoms with Crippen LogP contribution in [0.1, 0.15) is 0 Å². The van der Waals surface area contributed by atoms with Crippen molar-refractivity contribution in [3.63, 3.8) is 0 Å². The number of benzene rings is 9. The summed E-state index contributed by atoms with van der Waals surface area (Å²) in [6.45, 7) is 0. The fourth-order valence-corrected chi connectivity index (χ4v) is 11.2. The molecule has 0 fully saturated rings. The summed E-state index contributed by atoms with van der Waals surface area (Å²) in [4.78, 5) is 9.80. The van der Waals surface area contributed by atoms with E-state index >= 15 is 0 Å². The number of fused-ring (bicyclic) bond motifs is 12. The summed E-state index contributed by atoms with van der Waals surface area (Å²) >= 11 is 3.66. The molecule has 2 aromatic heterocycles. The monoisotopic (exact) mass is 752 g/mol. The predicted octanol–water partition coefficient (Wildman–Crippen LogP) is 15.7. The third-order valence-electron chi connectivity index (χ3n) is 11.4. The van der Waals surface area contributed by atoms with Crippen LogP contribution in [0.25, 0.3) is 65.4 Å². The largest absolute Gasteiger partial charge is 0.456 e. The van der Waals surface area contributed by atoms with Gasteiger partial charge in [-0.15, -0.1) is 0 Å². The highest BCUT2D eigenvalue weighted by molar-refractivity contribution is 8.00. The molecule has 2 aliphatic rings. The maximum Gasteiger partial charge on any atom is 0.137 e. The van der Waals surface area contributed by atoms with Crippen molar-refractivity contribution < 1.29 is 8.83 Å². The van der Waals surface area contributed by atoms with Gasteiger partial charge in [0.15, 0.2) is 0 Å². The van der Waals surface area contributed by atoms with Crippen LogP contribution >= 0.6 is 23.5 Å². The number of anilines is 6. The third-order valence-corrected chi connectivity index (χ3v) is 13.6. The van der Waals surface area contributed by atoms with E-state index in [1.54, 1.807) is 0 Å². The molecule has 13 rings (SSSR count). The smallest absolute Gasteiger partial charge is 0.137 e. The lowest BCUT2D eigenvalue weighted by molar-refractivity contribution is 0.668. The highest BCUT2D eigenvalue weighted by Crippen LogP contribution is 2.60. The summed E-state index contributed by atoms with van der Waals surface area (Å²) in [5, 5.41) is 9.21. The van der Waals surface area contributed by atoms with Crippen molar-refractivity contribution in [2.75, 3.05) is 9.80 Å². The van der Waals surface area contributed by atoms with Gasteiger partial charge in [-0.05, 0) is 48.5 Å². The fraction of sp³-hybridized carbons (Fsp3) is 0. The number of nitrogens with zero attached hydrogens (tertiary/aromatic N) is 2. The second-order valence-corrected chi connectivity index (χ2v) is 16.6. The molecule has 0 saturated heterocycles. The van der Waals surface area contributed by atoms with Crippen LogP contribution < -0.4 is 9.80 Å². The van der Waals surface area contributed by atoms with Gasteiger partial charge >= 0.3 is 0 Å². The molecule has 0 bridgehead atoms. The molecule has 9 aromatic carbocycles. The van der Waals surface area contributed by atoms with E-state index in [0.717, 1.165) is 78.0 Å². The molecule has 6 heteroatoms. The Hall–Kier alpha value is -6.60. The number of hydrogen-bond acceptors (Lipinski definition) is 6. The Balaban J connectivity index is 1.13. The first kappa shape index (κ1) is 30.7. The summed E-state index contributed by atoms with van der Waals surface area (Å²) in [7, 11) is 0. The van der Waals surface area contributed by atoms with Gasteiger partial charge in [-0.3, -0.25) is 0 Å². The molecule has 2 aliphatic heterocycles. The zero-order valence-corrected chi connectivity index (χ0v) is 31.3. The minimum Gasteiger partial charge on any atom is -0.456 e. The minimum absolute atomic E-state index is 0.885. The van der Waals surface area contributed by atoms with Gasteiger partial charge < -0.3 is 18.6 Å². The van der Waals surface area contributed by atoms with Crippen LogP contribution in [0.3, 0.4) is 0 Å². The zero-order chi connectivity index (χ0) is 36.5. The molecule has 4 nitrogen and oxygen atoms in total. The lowest BCUT2D eigenvalue weighted by Crippen LogP contribution is -2.18. The van der Waals surface area contributed by atoms with Gasteiger partial charge in [0.05, 0.1) is 34.1 Å². The molecule has 0 spiro atoms. The summed E-state index contributed by atoms with van der Waals surface area (Å²) in [6, 6.07) is 61.2. The maximum absolute atomic E-state index is 6.53. The van der Waals surface area contributed by atoms with E-state index in [9.17, 15) is 0 Å². The molecular weight excluding hydrogens is 725 g/mol. The first-order chi connectivity index (χ1) is 27.8. The summed E-state index contributed by atoms with van der Waals surface area (Å²) in [5.41, 5.74) is 10.4. The molecule has 56 heavy (non-hydrogen) atoms. The molecule has 0 amide bonds. The molecule has 11 aromatic rings. The molecule has 4 heterocycles. The second-order valence-electron chi connectivity index (χ2n) is 14.4. The Morgan fingerprint density at radius 1 is 0.286 bits per heavy atom. The molecule has 0 N–H and O–H groups in total. The first-order valence-corrected chi connectivity index (χ1v) is 20.4. The minimum atomic E-state index is 0.885. The van der Waals surface area contributed by atoms with Gasteiger partial charge in [-0.25, -0.2) is 0 Å². The van der Waals surface area contributed by atoms with E-state index in [1.165, 1.54) is 41.1 Å². The fourth-order valence-electron chi connectivity index (χ4n) is 8.99. The van der Waals surface area contributed by atoms with Crippen molar-refractivity contribution in [1.82, 2.24) is 0 Å². The van der Waals surface area contributed by atoms with Crippen LogP contribution in [-0.2, 0) is 0 Å². The number of rotatable bonds is 2. The molecular formula is C50H28N2O2S2. The van der Waals surface area contributed by atoms with Gasteiger partial charge in [0.25, 0.3) is 0 Å². The Bertz CT molecular complexity index is 3190. The average Bonchev–Trinajstić information content (AvgIpc) is 3.80. The van der Waals surface area contributed by atoms with Crippen molar-refractivity contribution in [1.29, 1.82) is 0 Å². The van der Waals surface area contributed by atoms with E-state index in [4.69, 9.17) is 8.83 Å². The highest BCUT2D eigenvalue weighted by Gasteiger charge is 2.33. The Kier molecular flexibility index (Phi) is 6.28. The van der Waals surface area contributed by atoms with Crippen molar-refractivity contribution >= 4 is 123 Å². The van der Waals surface area contributed by atoms with Gasteiger partial charge in [-0.2, -0.15) is 0 Å². The van der Waals surface area contributed by atoms with Crippen LogP contribution in [0.2, 0.25) is 0 Å². The molecule has 0 radical (unpaired) electrons. The van der Waals surface area contributed by atoms with Crippen LogP contribution in [0, 0.1) is 0 Å². The van der Waals surface area contributed by atoms with E-state index in [1.807, 2.05) is 35.7 Å². The highest BCUT2D eigenvalue weighted by atomic mass is 32.2. The van der Waals surface area contributed by atoms with Crippen LogP contribution in [0.5, 0.6) is 0 Å². The Labute approximate surface area is 329 Å². The predicted molar refractivity (Wildman–Crippen MR) is 234 cm³/mol. The van der Waals surface area contributed by atoms with Crippen LogP contribution in [-0.4, -0.2) is 0 Å². The molecule has 262 valence electrons. The third kappa shape index (κ3) is 4.23. The normalized spacial score (nSPS) is 13.5. The second kappa shape index (κ2) is 11.5. The SMILES string of the molecule is c1ccc2c(c1)Sc1cc3c(cc1N2c1c2ccccc2c(N2c4ccccc4Sc4cc5c(cc42)oc2ccccc25)c2ccccc12)oc1ccccc13. The van der Waals surface area contributed by atoms with Crippen molar-refractivity contribution in [2.45, 2.75) is 19.6 Å². The van der Waals surface area contributed by atoms with Gasteiger partial charge in [0.2, 0.25) is 0 Å². The van der Waals surface area contributed by atoms with Crippen LogP contribution in [0.15, 0.2) is 198 Å². The summed E-state index contributed by atoms with van der Waals surface area (Å²) < 4.78 is 13.1. The quantitative estimate of drug-likeness (QED) is 0.164. The van der Waals surface area contributed by atoms with E-state index < -0.39 is 0 Å².